The van der Waals surface area contributed by atoms with Crippen LogP contribution in [0.1, 0.15) is 52.9 Å². The second kappa shape index (κ2) is 5.89. The van der Waals surface area contributed by atoms with Crippen molar-refractivity contribution in [1.29, 1.82) is 0 Å². The van der Waals surface area contributed by atoms with E-state index in [0.717, 1.165) is 25.7 Å². The summed E-state index contributed by atoms with van der Waals surface area (Å²) in [5.41, 5.74) is 0.0433. The molecule has 17 heavy (non-hydrogen) atoms. The molecular formula is C12H24ClNO2S. The third-order valence-corrected chi connectivity index (χ3v) is 5.06. The molecule has 0 amide bonds. The molecule has 3 nitrogen and oxygen atoms in total. The van der Waals surface area contributed by atoms with Gasteiger partial charge in [-0.2, -0.15) is 0 Å². The highest BCUT2D eigenvalue weighted by Gasteiger charge is 2.27. The van der Waals surface area contributed by atoms with E-state index in [1.54, 1.807) is 0 Å². The fourth-order valence-corrected chi connectivity index (χ4v) is 4.11. The molecule has 0 aromatic carbocycles. The molecule has 1 fully saturated rings. The van der Waals surface area contributed by atoms with Gasteiger partial charge in [0.1, 0.15) is 0 Å². The molecule has 1 N–H and O–H groups in total. The Kier molecular flexibility index (Phi) is 5.29. The predicted molar refractivity (Wildman–Crippen MR) is 72.9 cm³/mol. The Morgan fingerprint density at radius 2 is 1.82 bits per heavy atom. The average Bonchev–Trinajstić information content (AvgIpc) is 2.18. The first-order chi connectivity index (χ1) is 7.70. The van der Waals surface area contributed by atoms with Gasteiger partial charge in [0.25, 0.3) is 0 Å². The Bertz CT molecular complexity index is 335. The Balaban J connectivity index is 2.48. The van der Waals surface area contributed by atoms with Crippen molar-refractivity contribution in [3.8, 4) is 0 Å². The molecule has 0 aromatic rings. The van der Waals surface area contributed by atoms with Gasteiger partial charge in [0.05, 0.1) is 5.75 Å². The maximum atomic E-state index is 11.9. The highest BCUT2D eigenvalue weighted by molar-refractivity contribution is 7.89. The lowest BCUT2D eigenvalue weighted by Gasteiger charge is -2.28. The second-order valence-corrected chi connectivity index (χ2v) is 8.59. The second-order valence-electron chi connectivity index (χ2n) is 6.15. The van der Waals surface area contributed by atoms with E-state index in [9.17, 15) is 8.42 Å². The Hall–Kier alpha value is 0.200. The highest BCUT2D eigenvalue weighted by atomic mass is 35.5. The van der Waals surface area contributed by atoms with E-state index < -0.39 is 10.0 Å². The third kappa shape index (κ3) is 6.07. The van der Waals surface area contributed by atoms with Crippen molar-refractivity contribution in [3.05, 3.63) is 0 Å². The van der Waals surface area contributed by atoms with E-state index >= 15 is 0 Å². The number of halogens is 1. The fraction of sp³-hybridized carbons (Fsp3) is 1.00. The summed E-state index contributed by atoms with van der Waals surface area (Å²) in [5.74, 6) is 0.191. The van der Waals surface area contributed by atoms with Crippen LogP contribution >= 0.6 is 11.6 Å². The number of alkyl halides is 1. The predicted octanol–water partition coefficient (Wildman–Crippen LogP) is 2.89. The zero-order chi connectivity index (χ0) is 13.1. The SMILES string of the molecule is CC(C)(C)CCS(=O)(=O)NC1CCCCC1Cl. The van der Waals surface area contributed by atoms with Crippen LogP contribution in [0.2, 0.25) is 0 Å². The topological polar surface area (TPSA) is 46.2 Å². The summed E-state index contributed by atoms with van der Waals surface area (Å²) in [7, 11) is -3.18. The smallest absolute Gasteiger partial charge is 0.211 e. The van der Waals surface area contributed by atoms with Gasteiger partial charge in [-0.25, -0.2) is 13.1 Å². The van der Waals surface area contributed by atoms with Crippen LogP contribution in [0.15, 0.2) is 0 Å². The molecule has 0 aliphatic heterocycles. The van der Waals surface area contributed by atoms with E-state index in [1.807, 2.05) is 20.8 Å². The molecule has 0 bridgehead atoms. The van der Waals surface area contributed by atoms with Crippen LogP contribution in [0.4, 0.5) is 0 Å². The number of hydrogen-bond donors (Lipinski definition) is 1. The van der Waals surface area contributed by atoms with Gasteiger partial charge in [-0.3, -0.25) is 0 Å². The molecule has 0 saturated heterocycles. The minimum absolute atomic E-state index is 0.0433. The van der Waals surface area contributed by atoms with Crippen LogP contribution in [-0.4, -0.2) is 25.6 Å². The monoisotopic (exact) mass is 281 g/mol. The molecule has 0 radical (unpaired) electrons. The number of nitrogens with one attached hydrogen (secondary N) is 1. The minimum atomic E-state index is -3.18. The summed E-state index contributed by atoms with van der Waals surface area (Å²) in [6, 6.07) is -0.0737. The highest BCUT2D eigenvalue weighted by Crippen LogP contribution is 2.24. The molecule has 102 valence electrons. The summed E-state index contributed by atoms with van der Waals surface area (Å²) in [6.07, 6.45) is 4.61. The number of hydrogen-bond acceptors (Lipinski definition) is 2. The van der Waals surface area contributed by atoms with E-state index in [0.29, 0.717) is 6.42 Å². The van der Waals surface area contributed by atoms with Gasteiger partial charge in [0.15, 0.2) is 0 Å². The lowest BCUT2D eigenvalue weighted by molar-refractivity contribution is 0.390. The molecule has 1 saturated carbocycles. The maximum Gasteiger partial charge on any atom is 0.211 e. The van der Waals surface area contributed by atoms with Gasteiger partial charge in [-0.05, 0) is 24.7 Å². The molecular weight excluding hydrogens is 258 g/mol. The van der Waals surface area contributed by atoms with Crippen molar-refractivity contribution in [1.82, 2.24) is 4.72 Å². The zero-order valence-electron chi connectivity index (χ0n) is 11.0. The average molecular weight is 282 g/mol. The van der Waals surface area contributed by atoms with Gasteiger partial charge in [-0.1, -0.05) is 33.6 Å². The van der Waals surface area contributed by atoms with E-state index in [2.05, 4.69) is 4.72 Å². The van der Waals surface area contributed by atoms with Gasteiger partial charge < -0.3 is 0 Å². The van der Waals surface area contributed by atoms with Crippen molar-refractivity contribution in [3.63, 3.8) is 0 Å². The third-order valence-electron chi connectivity index (χ3n) is 3.13. The van der Waals surface area contributed by atoms with Crippen LogP contribution < -0.4 is 4.72 Å². The molecule has 2 atom stereocenters. The standard InChI is InChI=1S/C12H24ClNO2S/c1-12(2,3)8-9-17(15,16)14-11-7-5-4-6-10(11)13/h10-11,14H,4-9H2,1-3H3. The summed E-state index contributed by atoms with van der Waals surface area (Å²) in [5, 5.41) is -0.0480. The van der Waals surface area contributed by atoms with Crippen LogP contribution in [0.5, 0.6) is 0 Å². The summed E-state index contributed by atoms with van der Waals surface area (Å²) >= 11 is 6.15. The molecule has 2 unspecified atom stereocenters. The normalized spacial score (nSPS) is 27.1. The molecule has 0 aromatic heterocycles. The van der Waals surface area contributed by atoms with Crippen molar-refractivity contribution in [2.24, 2.45) is 5.41 Å². The molecule has 5 heteroatoms. The largest absolute Gasteiger partial charge is 0.212 e. The van der Waals surface area contributed by atoms with E-state index in [4.69, 9.17) is 11.6 Å². The van der Waals surface area contributed by atoms with E-state index in [1.165, 1.54) is 0 Å². The fourth-order valence-electron chi connectivity index (χ4n) is 1.95. The Morgan fingerprint density at radius 3 is 2.35 bits per heavy atom. The van der Waals surface area contributed by atoms with Crippen LogP contribution in [0.3, 0.4) is 0 Å². The molecule has 0 spiro atoms. The lowest BCUT2D eigenvalue weighted by Crippen LogP contribution is -2.44. The molecule has 0 heterocycles. The molecule has 1 aliphatic carbocycles. The van der Waals surface area contributed by atoms with Gasteiger partial charge in [-0.15, -0.1) is 11.6 Å². The summed E-state index contributed by atoms with van der Waals surface area (Å²) < 4.78 is 26.6. The van der Waals surface area contributed by atoms with Crippen LogP contribution in [0.25, 0.3) is 0 Å². The first-order valence-corrected chi connectivity index (χ1v) is 8.43. The van der Waals surface area contributed by atoms with Crippen molar-refractivity contribution < 1.29 is 8.42 Å². The summed E-state index contributed by atoms with van der Waals surface area (Å²) in [6.45, 7) is 6.15. The van der Waals surface area contributed by atoms with Gasteiger partial charge in [0, 0.05) is 11.4 Å². The molecule has 1 aliphatic rings. The summed E-state index contributed by atoms with van der Waals surface area (Å²) in [4.78, 5) is 0. The van der Waals surface area contributed by atoms with Crippen LogP contribution in [-0.2, 0) is 10.0 Å². The van der Waals surface area contributed by atoms with E-state index in [-0.39, 0.29) is 22.6 Å². The Labute approximate surface area is 110 Å². The maximum absolute atomic E-state index is 11.9. The van der Waals surface area contributed by atoms with Crippen molar-refractivity contribution in [2.75, 3.05) is 5.75 Å². The minimum Gasteiger partial charge on any atom is -0.212 e. The zero-order valence-corrected chi connectivity index (χ0v) is 12.6. The van der Waals surface area contributed by atoms with Crippen molar-refractivity contribution in [2.45, 2.75) is 64.3 Å². The lowest BCUT2D eigenvalue weighted by atomic mass is 9.94. The first-order valence-electron chi connectivity index (χ1n) is 6.34. The molecule has 1 rings (SSSR count). The van der Waals surface area contributed by atoms with Crippen LogP contribution in [0, 0.1) is 5.41 Å². The quantitative estimate of drug-likeness (QED) is 0.806. The Morgan fingerprint density at radius 1 is 1.24 bits per heavy atom. The van der Waals surface area contributed by atoms with Crippen molar-refractivity contribution >= 4 is 21.6 Å². The van der Waals surface area contributed by atoms with Gasteiger partial charge >= 0.3 is 0 Å². The number of rotatable bonds is 4. The first kappa shape index (κ1) is 15.3. The van der Waals surface area contributed by atoms with Gasteiger partial charge in [0.2, 0.25) is 10.0 Å². The number of sulfonamides is 1.